The lowest BCUT2D eigenvalue weighted by Gasteiger charge is -2.29. The fourth-order valence-corrected chi connectivity index (χ4v) is 2.11. The number of nitrogens with zero attached hydrogens (tertiary/aromatic N) is 2. The number of guanidine groups is 1. The van der Waals surface area contributed by atoms with Crippen molar-refractivity contribution in [1.82, 2.24) is 10.2 Å². The summed E-state index contributed by atoms with van der Waals surface area (Å²) in [7, 11) is 0. The van der Waals surface area contributed by atoms with Crippen LogP contribution in [0.2, 0.25) is 0 Å². The van der Waals surface area contributed by atoms with E-state index in [1.165, 1.54) is 0 Å². The minimum absolute atomic E-state index is 0.0357. The molecule has 0 spiro atoms. The van der Waals surface area contributed by atoms with Gasteiger partial charge in [0.05, 0.1) is 25.3 Å². The number of amides is 1. The summed E-state index contributed by atoms with van der Waals surface area (Å²) < 4.78 is 4.97. The van der Waals surface area contributed by atoms with Crippen LogP contribution in [0.5, 0.6) is 0 Å². The summed E-state index contributed by atoms with van der Waals surface area (Å²) in [6.07, 6.45) is 2.08. The van der Waals surface area contributed by atoms with E-state index < -0.39 is 0 Å². The second kappa shape index (κ2) is 8.63. The Morgan fingerprint density at radius 2 is 2.15 bits per heavy atom. The molecule has 0 unspecified atom stereocenters. The van der Waals surface area contributed by atoms with Gasteiger partial charge < -0.3 is 25.8 Å². The molecule has 1 atom stereocenters. The molecule has 4 N–H and O–H groups in total. The highest BCUT2D eigenvalue weighted by atomic mass is 16.6. The van der Waals surface area contributed by atoms with Gasteiger partial charge in [0.25, 0.3) is 0 Å². The van der Waals surface area contributed by atoms with E-state index >= 15 is 0 Å². The van der Waals surface area contributed by atoms with Crippen molar-refractivity contribution in [1.29, 1.82) is 0 Å². The molecule has 1 heterocycles. The van der Waals surface area contributed by atoms with Crippen LogP contribution in [-0.4, -0.2) is 60.4 Å². The monoisotopic (exact) mass is 286 g/mol. The Morgan fingerprint density at radius 3 is 2.65 bits per heavy atom. The third-order valence-electron chi connectivity index (χ3n) is 3.38. The van der Waals surface area contributed by atoms with Crippen LogP contribution >= 0.6 is 0 Å². The van der Waals surface area contributed by atoms with Crippen LogP contribution < -0.4 is 11.1 Å². The average molecular weight is 286 g/mol. The van der Waals surface area contributed by atoms with Gasteiger partial charge in [-0.05, 0) is 26.2 Å². The molecule has 116 valence electrons. The first kappa shape index (κ1) is 16.6. The van der Waals surface area contributed by atoms with Crippen LogP contribution in [0.15, 0.2) is 4.99 Å². The van der Waals surface area contributed by atoms with E-state index in [-0.39, 0.29) is 24.8 Å². The van der Waals surface area contributed by atoms with E-state index in [1.54, 1.807) is 11.8 Å². The number of rotatable bonds is 5. The molecule has 7 nitrogen and oxygen atoms in total. The van der Waals surface area contributed by atoms with Crippen molar-refractivity contribution in [2.45, 2.75) is 45.2 Å². The number of hydrogen-bond acceptors (Lipinski definition) is 4. The molecule has 0 aliphatic carbocycles. The minimum atomic E-state index is -0.257. The number of nitrogens with two attached hydrogens (primary N) is 1. The second-order valence-corrected chi connectivity index (χ2v) is 4.86. The molecule has 1 rings (SSSR count). The van der Waals surface area contributed by atoms with Crippen molar-refractivity contribution in [3.8, 4) is 0 Å². The molecule has 0 radical (unpaired) electrons. The van der Waals surface area contributed by atoms with Crippen LogP contribution in [0.1, 0.15) is 33.1 Å². The molecular formula is C13H26N4O3. The summed E-state index contributed by atoms with van der Waals surface area (Å²) in [5.41, 5.74) is 5.82. The molecule has 0 saturated carbocycles. The molecule has 1 aliphatic heterocycles. The van der Waals surface area contributed by atoms with Gasteiger partial charge in [0.1, 0.15) is 0 Å². The van der Waals surface area contributed by atoms with Crippen molar-refractivity contribution in [3.63, 3.8) is 0 Å². The van der Waals surface area contributed by atoms with Crippen molar-refractivity contribution in [2.75, 3.05) is 26.3 Å². The highest BCUT2D eigenvalue weighted by molar-refractivity contribution is 5.78. The largest absolute Gasteiger partial charge is 0.450 e. The number of carbonyl (C=O) groups excluding carboxylic acids is 1. The maximum Gasteiger partial charge on any atom is 0.409 e. The Morgan fingerprint density at radius 1 is 1.50 bits per heavy atom. The smallest absolute Gasteiger partial charge is 0.409 e. The van der Waals surface area contributed by atoms with Crippen LogP contribution in [0.4, 0.5) is 4.79 Å². The predicted octanol–water partition coefficient (Wildman–Crippen LogP) is 0.283. The third kappa shape index (κ3) is 5.24. The van der Waals surface area contributed by atoms with E-state index in [1.807, 2.05) is 6.92 Å². The first-order chi connectivity index (χ1) is 9.60. The van der Waals surface area contributed by atoms with Gasteiger partial charge in [-0.3, -0.25) is 0 Å². The van der Waals surface area contributed by atoms with Crippen LogP contribution in [0, 0.1) is 0 Å². The zero-order valence-electron chi connectivity index (χ0n) is 12.3. The van der Waals surface area contributed by atoms with E-state index in [2.05, 4.69) is 10.3 Å². The van der Waals surface area contributed by atoms with Crippen LogP contribution in [0.3, 0.4) is 0 Å². The number of ether oxygens (including phenoxy) is 1. The quantitative estimate of drug-likeness (QED) is 0.498. The van der Waals surface area contributed by atoms with E-state index in [0.29, 0.717) is 25.7 Å². The molecule has 0 bridgehead atoms. The molecule has 7 heteroatoms. The lowest BCUT2D eigenvalue weighted by Crippen LogP contribution is -2.44. The number of hydrogen-bond donors (Lipinski definition) is 3. The number of nitrogens with one attached hydrogen (secondary N) is 1. The van der Waals surface area contributed by atoms with Gasteiger partial charge in [-0.25, -0.2) is 9.79 Å². The Bertz CT molecular complexity index is 324. The minimum Gasteiger partial charge on any atom is -0.450 e. The molecule has 0 aromatic carbocycles. The molecule has 1 amide bonds. The van der Waals surface area contributed by atoms with Crippen LogP contribution in [0.25, 0.3) is 0 Å². The Balaban J connectivity index is 2.39. The van der Waals surface area contributed by atoms with E-state index in [0.717, 1.165) is 19.3 Å². The molecule has 20 heavy (non-hydrogen) atoms. The van der Waals surface area contributed by atoms with Gasteiger partial charge in [0.15, 0.2) is 5.96 Å². The lowest BCUT2D eigenvalue weighted by molar-refractivity contribution is 0.0975. The average Bonchev–Trinajstić information content (AvgIpc) is 2.45. The molecular weight excluding hydrogens is 260 g/mol. The molecule has 1 fully saturated rings. The SMILES string of the molecule is CCOC(=O)N1CCC(N=C(N)N[C@H](CC)CO)CC1. The fourth-order valence-electron chi connectivity index (χ4n) is 2.11. The molecule has 0 aromatic rings. The number of piperidine rings is 1. The Hall–Kier alpha value is -1.50. The van der Waals surface area contributed by atoms with E-state index in [4.69, 9.17) is 15.6 Å². The van der Waals surface area contributed by atoms with Gasteiger partial charge >= 0.3 is 6.09 Å². The van der Waals surface area contributed by atoms with Gasteiger partial charge in [-0.15, -0.1) is 0 Å². The number of carbonyl (C=O) groups is 1. The highest BCUT2D eigenvalue weighted by Gasteiger charge is 2.23. The summed E-state index contributed by atoms with van der Waals surface area (Å²) in [5.74, 6) is 0.362. The lowest BCUT2D eigenvalue weighted by atomic mass is 10.1. The number of aliphatic hydroxyl groups excluding tert-OH is 1. The summed E-state index contributed by atoms with van der Waals surface area (Å²) >= 11 is 0. The maximum atomic E-state index is 11.6. The first-order valence-corrected chi connectivity index (χ1v) is 7.23. The standard InChI is InChI=1S/C13H26N4O3/c1-3-10(9-18)15-12(14)16-11-5-7-17(8-6-11)13(19)20-4-2/h10-11,18H,3-9H2,1-2H3,(H3,14,15,16)/t10-/m1/s1. The Labute approximate surface area is 120 Å². The summed E-state index contributed by atoms with van der Waals surface area (Å²) in [6, 6.07) is 0.0581. The molecule has 1 aliphatic rings. The first-order valence-electron chi connectivity index (χ1n) is 7.23. The highest BCUT2D eigenvalue weighted by Crippen LogP contribution is 2.14. The van der Waals surface area contributed by atoms with Gasteiger partial charge in [-0.2, -0.15) is 0 Å². The van der Waals surface area contributed by atoms with Crippen molar-refractivity contribution in [2.24, 2.45) is 10.7 Å². The maximum absolute atomic E-state index is 11.6. The van der Waals surface area contributed by atoms with Crippen LogP contribution in [-0.2, 0) is 4.74 Å². The zero-order valence-corrected chi connectivity index (χ0v) is 12.3. The molecule has 1 saturated heterocycles. The second-order valence-electron chi connectivity index (χ2n) is 4.86. The fraction of sp³-hybridized carbons (Fsp3) is 0.846. The zero-order chi connectivity index (χ0) is 15.0. The predicted molar refractivity (Wildman–Crippen MR) is 77.5 cm³/mol. The van der Waals surface area contributed by atoms with Gasteiger partial charge in [0, 0.05) is 13.1 Å². The van der Waals surface area contributed by atoms with Crippen molar-refractivity contribution < 1.29 is 14.6 Å². The topological polar surface area (TPSA) is 100 Å². The number of aliphatic imine (C=N–C) groups is 1. The molecule has 0 aromatic heterocycles. The summed E-state index contributed by atoms with van der Waals surface area (Å²) in [5, 5.41) is 12.1. The summed E-state index contributed by atoms with van der Waals surface area (Å²) in [4.78, 5) is 17.7. The summed E-state index contributed by atoms with van der Waals surface area (Å²) in [6.45, 7) is 5.47. The van der Waals surface area contributed by atoms with Crippen molar-refractivity contribution in [3.05, 3.63) is 0 Å². The van der Waals surface area contributed by atoms with Crippen molar-refractivity contribution >= 4 is 12.1 Å². The number of likely N-dealkylation sites (tertiary alicyclic amines) is 1. The Kier molecular flexibility index (Phi) is 7.14. The van der Waals surface area contributed by atoms with Gasteiger partial charge in [0.2, 0.25) is 0 Å². The normalized spacial score (nSPS) is 18.8. The third-order valence-corrected chi connectivity index (χ3v) is 3.38. The van der Waals surface area contributed by atoms with Gasteiger partial charge in [-0.1, -0.05) is 6.92 Å². The number of aliphatic hydroxyl groups is 1. The van der Waals surface area contributed by atoms with E-state index in [9.17, 15) is 4.79 Å².